The number of hydrogen-bond acceptors (Lipinski definition) is 7. The van der Waals surface area contributed by atoms with E-state index in [2.05, 4.69) is 26.3 Å². The molecule has 0 radical (unpaired) electrons. The Bertz CT molecular complexity index is 1070. The van der Waals surface area contributed by atoms with E-state index >= 15 is 4.39 Å². The van der Waals surface area contributed by atoms with Crippen LogP contribution in [0.4, 0.5) is 21.5 Å². The highest BCUT2D eigenvalue weighted by atomic mass is 19.1. The van der Waals surface area contributed by atoms with E-state index in [0.717, 1.165) is 0 Å². The van der Waals surface area contributed by atoms with Crippen molar-refractivity contribution in [1.82, 2.24) is 5.32 Å². The van der Waals surface area contributed by atoms with Gasteiger partial charge < -0.3 is 30.7 Å². The summed E-state index contributed by atoms with van der Waals surface area (Å²) in [5.41, 5.74) is 2.07. The highest BCUT2D eigenvalue weighted by molar-refractivity contribution is 6.03. The first kappa shape index (κ1) is 26.0. The molecule has 4 N–H and O–H groups in total. The van der Waals surface area contributed by atoms with E-state index in [1.165, 1.54) is 6.34 Å². The molecule has 0 spiro atoms. The second kappa shape index (κ2) is 11.7. The molecule has 35 heavy (non-hydrogen) atoms. The van der Waals surface area contributed by atoms with Crippen molar-refractivity contribution in [3.63, 3.8) is 0 Å². The molecule has 1 heterocycles. The van der Waals surface area contributed by atoms with Crippen LogP contribution in [0.2, 0.25) is 0 Å². The molecule has 1 atom stereocenters. The molecule has 0 saturated carbocycles. The number of hydrogen-bond donors (Lipinski definition) is 4. The van der Waals surface area contributed by atoms with Crippen LogP contribution in [0, 0.1) is 11.2 Å². The number of amides is 2. The summed E-state index contributed by atoms with van der Waals surface area (Å²) < 4.78 is 25.6. The van der Waals surface area contributed by atoms with E-state index in [9.17, 15) is 9.59 Å². The van der Waals surface area contributed by atoms with Gasteiger partial charge in [-0.05, 0) is 41.8 Å². The van der Waals surface area contributed by atoms with Crippen molar-refractivity contribution >= 4 is 35.2 Å². The Labute approximate surface area is 204 Å². The van der Waals surface area contributed by atoms with Gasteiger partial charge in [-0.1, -0.05) is 20.8 Å². The van der Waals surface area contributed by atoms with Gasteiger partial charge in [-0.15, -0.1) is 0 Å². The first-order valence-corrected chi connectivity index (χ1v) is 11.3. The highest BCUT2D eigenvalue weighted by Crippen LogP contribution is 2.36. The fourth-order valence-corrected chi connectivity index (χ4v) is 3.26. The topological polar surface area (TPSA) is 113 Å². The van der Waals surface area contributed by atoms with Crippen LogP contribution < -0.4 is 26.0 Å². The fourth-order valence-electron chi connectivity index (χ4n) is 3.26. The fraction of sp³-hybridized carbons (Fsp3) is 0.400. The molecule has 0 bridgehead atoms. The van der Waals surface area contributed by atoms with Crippen molar-refractivity contribution in [3.05, 3.63) is 47.8 Å². The maximum atomic E-state index is 15.2. The summed E-state index contributed by atoms with van der Waals surface area (Å²) in [4.78, 5) is 28.4. The summed E-state index contributed by atoms with van der Waals surface area (Å²) in [7, 11) is 1.55. The Kier molecular flexibility index (Phi) is 8.64. The Balaban J connectivity index is 1.60. The van der Waals surface area contributed by atoms with Gasteiger partial charge in [-0.2, -0.15) is 0 Å². The molecule has 0 aliphatic carbocycles. The Morgan fingerprint density at radius 3 is 2.46 bits per heavy atom. The lowest BCUT2D eigenvalue weighted by Gasteiger charge is -2.24. The summed E-state index contributed by atoms with van der Waals surface area (Å²) in [6.45, 7) is 7.07. The molecule has 1 aliphatic rings. The van der Waals surface area contributed by atoms with E-state index in [-0.39, 0.29) is 30.1 Å². The quantitative estimate of drug-likeness (QED) is 0.300. The smallest absolute Gasteiger partial charge is 0.233 e. The zero-order valence-electron chi connectivity index (χ0n) is 20.4. The minimum Gasteiger partial charge on any atom is -0.488 e. The van der Waals surface area contributed by atoms with Gasteiger partial charge >= 0.3 is 0 Å². The standard InChI is InChI=1S/C25H32FN5O4/c1-25(2,3)14-27-20(32)13-21(33)30-16-5-7-17(8-6-16)31-24-22-18(28-15-29-24)9-10-19(23(22)26)35-12-11-34-4/h5-10,15,24,31H,11-14H2,1-4H3,(H,27,32)(H,28,29)(H,30,33). The largest absolute Gasteiger partial charge is 0.488 e. The Morgan fingerprint density at radius 1 is 1.06 bits per heavy atom. The number of anilines is 3. The minimum absolute atomic E-state index is 0.0601. The average molecular weight is 486 g/mol. The number of nitrogens with one attached hydrogen (secondary N) is 4. The van der Waals surface area contributed by atoms with E-state index in [0.29, 0.717) is 35.8 Å². The predicted molar refractivity (Wildman–Crippen MR) is 134 cm³/mol. The van der Waals surface area contributed by atoms with E-state index < -0.39 is 17.9 Å². The zero-order chi connectivity index (χ0) is 25.4. The molecule has 9 nitrogen and oxygen atoms in total. The van der Waals surface area contributed by atoms with Crippen LogP contribution in [0.15, 0.2) is 41.4 Å². The third-order valence-corrected chi connectivity index (χ3v) is 5.02. The van der Waals surface area contributed by atoms with Crippen LogP contribution in [-0.4, -0.2) is 45.0 Å². The normalized spacial score (nSPS) is 14.5. The minimum atomic E-state index is -0.677. The average Bonchev–Trinajstić information content (AvgIpc) is 2.80. The lowest BCUT2D eigenvalue weighted by Crippen LogP contribution is -2.34. The lowest BCUT2D eigenvalue weighted by atomic mass is 9.97. The third-order valence-electron chi connectivity index (χ3n) is 5.02. The van der Waals surface area contributed by atoms with Crippen LogP contribution in [0.25, 0.3) is 0 Å². The molecule has 2 amide bonds. The highest BCUT2D eigenvalue weighted by Gasteiger charge is 2.25. The van der Waals surface area contributed by atoms with Gasteiger partial charge in [0.1, 0.15) is 13.0 Å². The second-order valence-corrected chi connectivity index (χ2v) is 9.29. The van der Waals surface area contributed by atoms with Crippen molar-refractivity contribution < 1.29 is 23.5 Å². The maximum absolute atomic E-state index is 15.2. The number of fused-ring (bicyclic) bond motifs is 1. The molecule has 2 aromatic rings. The number of ether oxygens (including phenoxy) is 2. The summed E-state index contributed by atoms with van der Waals surface area (Å²) in [6, 6.07) is 10.2. The van der Waals surface area contributed by atoms with Gasteiger partial charge in [-0.3, -0.25) is 9.59 Å². The van der Waals surface area contributed by atoms with Crippen LogP contribution in [0.3, 0.4) is 0 Å². The summed E-state index contributed by atoms with van der Waals surface area (Å²) in [5.74, 6) is -1.12. The number of carbonyl (C=O) groups is 2. The number of rotatable bonds is 10. The van der Waals surface area contributed by atoms with Crippen LogP contribution in [0.5, 0.6) is 5.75 Å². The summed E-state index contributed by atoms with van der Waals surface area (Å²) >= 11 is 0. The van der Waals surface area contributed by atoms with Crippen molar-refractivity contribution in [1.29, 1.82) is 0 Å². The molecular formula is C25H32FN5O4. The molecule has 3 rings (SSSR count). The van der Waals surface area contributed by atoms with E-state index in [1.807, 2.05) is 20.8 Å². The second-order valence-electron chi connectivity index (χ2n) is 9.29. The number of benzene rings is 2. The Morgan fingerprint density at radius 2 is 1.77 bits per heavy atom. The van der Waals surface area contributed by atoms with Crippen LogP contribution in [0.1, 0.15) is 38.9 Å². The molecular weight excluding hydrogens is 453 g/mol. The predicted octanol–water partition coefficient (Wildman–Crippen LogP) is 3.91. The van der Waals surface area contributed by atoms with Gasteiger partial charge in [0.05, 0.1) is 18.5 Å². The first-order valence-electron chi connectivity index (χ1n) is 11.3. The van der Waals surface area contributed by atoms with E-state index in [4.69, 9.17) is 9.47 Å². The van der Waals surface area contributed by atoms with Crippen molar-refractivity contribution in [2.24, 2.45) is 10.4 Å². The third kappa shape index (κ3) is 7.68. The van der Waals surface area contributed by atoms with Crippen molar-refractivity contribution in [3.8, 4) is 5.75 Å². The number of methoxy groups -OCH3 is 1. The molecule has 1 unspecified atom stereocenters. The number of aliphatic imine (C=N–C) groups is 1. The van der Waals surface area contributed by atoms with E-state index in [1.54, 1.807) is 43.5 Å². The van der Waals surface area contributed by atoms with Crippen LogP contribution >= 0.6 is 0 Å². The molecule has 0 saturated heterocycles. The molecule has 1 aliphatic heterocycles. The first-order chi connectivity index (χ1) is 16.7. The molecule has 188 valence electrons. The monoisotopic (exact) mass is 485 g/mol. The number of carbonyl (C=O) groups excluding carboxylic acids is 2. The Hall–Kier alpha value is -3.66. The van der Waals surface area contributed by atoms with Gasteiger partial charge in [0.25, 0.3) is 0 Å². The molecule has 2 aromatic carbocycles. The number of nitrogens with zero attached hydrogens (tertiary/aromatic N) is 1. The SMILES string of the molecule is COCCOc1ccc2c(c1F)C(Nc1ccc(NC(=O)CC(=O)NCC(C)(C)C)cc1)N=CN2. The molecule has 0 aromatic heterocycles. The van der Waals surface area contributed by atoms with Crippen molar-refractivity contribution in [2.45, 2.75) is 33.4 Å². The molecule has 0 fully saturated rings. The van der Waals surface area contributed by atoms with Gasteiger partial charge in [-0.25, -0.2) is 9.38 Å². The number of halogens is 1. The summed E-state index contributed by atoms with van der Waals surface area (Å²) in [5, 5.41) is 11.6. The lowest BCUT2D eigenvalue weighted by molar-refractivity contribution is -0.127. The van der Waals surface area contributed by atoms with Gasteiger partial charge in [0.2, 0.25) is 11.8 Å². The van der Waals surface area contributed by atoms with Gasteiger partial charge in [0.15, 0.2) is 17.7 Å². The van der Waals surface area contributed by atoms with Gasteiger partial charge in [0, 0.05) is 30.7 Å². The van der Waals surface area contributed by atoms with Crippen LogP contribution in [-0.2, 0) is 14.3 Å². The van der Waals surface area contributed by atoms with Crippen molar-refractivity contribution in [2.75, 3.05) is 42.8 Å². The summed E-state index contributed by atoms with van der Waals surface area (Å²) in [6.07, 6.45) is 0.568. The zero-order valence-corrected chi connectivity index (χ0v) is 20.4. The maximum Gasteiger partial charge on any atom is 0.233 e. The molecule has 10 heteroatoms.